The SMILES string of the molecule is CCC(CC)N(C)C(=O)[C@H](N)CC(C)C. The minimum Gasteiger partial charge on any atom is -0.341 e. The Hall–Kier alpha value is -0.570. The van der Waals surface area contributed by atoms with Gasteiger partial charge in [-0.3, -0.25) is 4.79 Å². The lowest BCUT2D eigenvalue weighted by Crippen LogP contribution is -2.46. The molecule has 3 nitrogen and oxygen atoms in total. The van der Waals surface area contributed by atoms with Gasteiger partial charge in [-0.15, -0.1) is 0 Å². The highest BCUT2D eigenvalue weighted by Gasteiger charge is 2.22. The monoisotopic (exact) mass is 214 g/mol. The Morgan fingerprint density at radius 2 is 1.73 bits per heavy atom. The van der Waals surface area contributed by atoms with E-state index in [1.54, 1.807) is 0 Å². The maximum Gasteiger partial charge on any atom is 0.239 e. The first-order chi connectivity index (χ1) is 6.93. The molecule has 0 saturated carbocycles. The van der Waals surface area contributed by atoms with Gasteiger partial charge in [0.05, 0.1) is 6.04 Å². The van der Waals surface area contributed by atoms with Crippen molar-refractivity contribution >= 4 is 5.91 Å². The Kier molecular flexibility index (Phi) is 6.57. The molecule has 0 radical (unpaired) electrons. The van der Waals surface area contributed by atoms with E-state index >= 15 is 0 Å². The van der Waals surface area contributed by atoms with Gasteiger partial charge < -0.3 is 10.6 Å². The molecule has 2 N–H and O–H groups in total. The molecular weight excluding hydrogens is 188 g/mol. The van der Waals surface area contributed by atoms with Crippen LogP contribution in [0, 0.1) is 5.92 Å². The molecule has 0 aliphatic carbocycles. The molecule has 0 saturated heterocycles. The quantitative estimate of drug-likeness (QED) is 0.735. The predicted molar refractivity (Wildman–Crippen MR) is 64.6 cm³/mol. The molecular formula is C12H26N2O. The van der Waals surface area contributed by atoms with E-state index in [-0.39, 0.29) is 11.9 Å². The number of rotatable bonds is 6. The third-order valence-electron chi connectivity index (χ3n) is 2.88. The van der Waals surface area contributed by atoms with Crippen molar-refractivity contribution in [1.82, 2.24) is 4.90 Å². The highest BCUT2D eigenvalue weighted by Crippen LogP contribution is 2.10. The van der Waals surface area contributed by atoms with Crippen molar-refractivity contribution < 1.29 is 4.79 Å². The van der Waals surface area contributed by atoms with Gasteiger partial charge in [0, 0.05) is 13.1 Å². The predicted octanol–water partition coefficient (Wildman–Crippen LogP) is 2.01. The molecule has 0 unspecified atom stereocenters. The number of carbonyl (C=O) groups excluding carboxylic acids is 1. The van der Waals surface area contributed by atoms with E-state index in [4.69, 9.17) is 5.73 Å². The number of amides is 1. The van der Waals surface area contributed by atoms with Crippen LogP contribution in [0.1, 0.15) is 47.0 Å². The van der Waals surface area contributed by atoms with E-state index in [9.17, 15) is 4.79 Å². The number of likely N-dealkylation sites (N-methyl/N-ethyl adjacent to an activating group) is 1. The van der Waals surface area contributed by atoms with Crippen LogP contribution in [-0.2, 0) is 4.79 Å². The maximum atomic E-state index is 11.9. The summed E-state index contributed by atoms with van der Waals surface area (Å²) in [4.78, 5) is 13.8. The van der Waals surface area contributed by atoms with Gasteiger partial charge in [-0.25, -0.2) is 0 Å². The fourth-order valence-electron chi connectivity index (χ4n) is 1.89. The standard InChI is InChI=1S/C12H26N2O/c1-6-10(7-2)14(5)12(15)11(13)8-9(3)4/h9-11H,6-8,13H2,1-5H3/t11-/m1/s1. The summed E-state index contributed by atoms with van der Waals surface area (Å²) < 4.78 is 0. The van der Waals surface area contributed by atoms with Gasteiger partial charge in [0.2, 0.25) is 5.91 Å². The Morgan fingerprint density at radius 3 is 2.07 bits per heavy atom. The summed E-state index contributed by atoms with van der Waals surface area (Å²) in [7, 11) is 1.86. The zero-order chi connectivity index (χ0) is 12.0. The summed E-state index contributed by atoms with van der Waals surface area (Å²) in [5.74, 6) is 0.552. The molecule has 0 fully saturated rings. The van der Waals surface area contributed by atoms with Gasteiger partial charge in [-0.2, -0.15) is 0 Å². The molecule has 3 heteroatoms. The molecule has 0 aliphatic heterocycles. The van der Waals surface area contributed by atoms with Crippen LogP contribution in [0.4, 0.5) is 0 Å². The summed E-state index contributed by atoms with van der Waals surface area (Å²) in [5, 5.41) is 0. The highest BCUT2D eigenvalue weighted by molar-refractivity contribution is 5.81. The molecule has 1 atom stereocenters. The molecule has 90 valence electrons. The summed E-state index contributed by atoms with van der Waals surface area (Å²) in [5.41, 5.74) is 5.88. The third kappa shape index (κ3) is 4.65. The summed E-state index contributed by atoms with van der Waals surface area (Å²) in [6.07, 6.45) is 2.75. The summed E-state index contributed by atoms with van der Waals surface area (Å²) in [6.45, 7) is 8.38. The second kappa shape index (κ2) is 6.83. The van der Waals surface area contributed by atoms with Crippen molar-refractivity contribution in [2.24, 2.45) is 11.7 Å². The first kappa shape index (κ1) is 14.4. The van der Waals surface area contributed by atoms with Gasteiger partial charge in [-0.05, 0) is 25.2 Å². The van der Waals surface area contributed by atoms with Gasteiger partial charge in [-0.1, -0.05) is 27.7 Å². The van der Waals surface area contributed by atoms with Gasteiger partial charge in [0.1, 0.15) is 0 Å². The van der Waals surface area contributed by atoms with E-state index in [1.165, 1.54) is 0 Å². The first-order valence-corrected chi connectivity index (χ1v) is 5.96. The van der Waals surface area contributed by atoms with Crippen molar-refractivity contribution in [3.8, 4) is 0 Å². The molecule has 0 aromatic heterocycles. The van der Waals surface area contributed by atoms with E-state index in [1.807, 2.05) is 11.9 Å². The normalized spacial score (nSPS) is 13.3. The van der Waals surface area contributed by atoms with Gasteiger partial charge in [0.25, 0.3) is 0 Å². The van der Waals surface area contributed by atoms with Crippen molar-refractivity contribution in [1.29, 1.82) is 0 Å². The second-order valence-corrected chi connectivity index (χ2v) is 4.66. The molecule has 0 bridgehead atoms. The average molecular weight is 214 g/mol. The van der Waals surface area contributed by atoms with Crippen LogP contribution < -0.4 is 5.73 Å². The Labute approximate surface area is 94.0 Å². The lowest BCUT2D eigenvalue weighted by molar-refractivity contribution is -0.133. The number of carbonyl (C=O) groups is 1. The number of hydrogen-bond donors (Lipinski definition) is 1. The zero-order valence-electron chi connectivity index (χ0n) is 10.8. The molecule has 1 amide bonds. The van der Waals surface area contributed by atoms with Crippen LogP contribution in [0.5, 0.6) is 0 Å². The summed E-state index contributed by atoms with van der Waals surface area (Å²) in [6, 6.07) is -0.00804. The summed E-state index contributed by atoms with van der Waals surface area (Å²) >= 11 is 0. The Morgan fingerprint density at radius 1 is 1.27 bits per heavy atom. The third-order valence-corrected chi connectivity index (χ3v) is 2.88. The fraction of sp³-hybridized carbons (Fsp3) is 0.917. The Bertz CT molecular complexity index is 188. The lowest BCUT2D eigenvalue weighted by Gasteiger charge is -2.29. The van der Waals surface area contributed by atoms with Gasteiger partial charge >= 0.3 is 0 Å². The van der Waals surface area contributed by atoms with Crippen LogP contribution in [0.25, 0.3) is 0 Å². The number of nitrogens with two attached hydrogens (primary N) is 1. The highest BCUT2D eigenvalue weighted by atomic mass is 16.2. The molecule has 15 heavy (non-hydrogen) atoms. The topological polar surface area (TPSA) is 46.3 Å². The largest absolute Gasteiger partial charge is 0.341 e. The van der Waals surface area contributed by atoms with Crippen molar-refractivity contribution in [3.05, 3.63) is 0 Å². The minimum atomic E-state index is -0.337. The molecule has 0 heterocycles. The smallest absolute Gasteiger partial charge is 0.239 e. The van der Waals surface area contributed by atoms with Crippen molar-refractivity contribution in [2.75, 3.05) is 7.05 Å². The van der Waals surface area contributed by atoms with Gasteiger partial charge in [0.15, 0.2) is 0 Å². The van der Waals surface area contributed by atoms with E-state index in [0.29, 0.717) is 12.0 Å². The first-order valence-electron chi connectivity index (χ1n) is 5.96. The van der Waals surface area contributed by atoms with E-state index in [2.05, 4.69) is 27.7 Å². The van der Waals surface area contributed by atoms with Crippen LogP contribution in [0.15, 0.2) is 0 Å². The maximum absolute atomic E-state index is 11.9. The second-order valence-electron chi connectivity index (χ2n) is 4.66. The van der Waals surface area contributed by atoms with E-state index in [0.717, 1.165) is 19.3 Å². The molecule has 0 aromatic carbocycles. The lowest BCUT2D eigenvalue weighted by atomic mass is 10.0. The van der Waals surface area contributed by atoms with Crippen molar-refractivity contribution in [2.45, 2.75) is 59.0 Å². The number of nitrogens with zero attached hydrogens (tertiary/aromatic N) is 1. The van der Waals surface area contributed by atoms with Crippen molar-refractivity contribution in [3.63, 3.8) is 0 Å². The van der Waals surface area contributed by atoms with Crippen LogP contribution in [0.3, 0.4) is 0 Å². The van der Waals surface area contributed by atoms with Crippen LogP contribution >= 0.6 is 0 Å². The Balaban J connectivity index is 4.29. The zero-order valence-corrected chi connectivity index (χ0v) is 10.8. The fourth-order valence-corrected chi connectivity index (χ4v) is 1.89. The number of hydrogen-bond acceptors (Lipinski definition) is 2. The van der Waals surface area contributed by atoms with Crippen LogP contribution in [-0.4, -0.2) is 29.9 Å². The molecule has 0 aliphatic rings. The van der Waals surface area contributed by atoms with E-state index < -0.39 is 0 Å². The minimum absolute atomic E-state index is 0.0809. The molecule has 0 spiro atoms. The molecule has 0 aromatic rings. The average Bonchev–Trinajstić information content (AvgIpc) is 2.17. The molecule has 0 rings (SSSR count). The van der Waals surface area contributed by atoms with Crippen LogP contribution in [0.2, 0.25) is 0 Å².